The number of rotatable bonds is 7. The summed E-state index contributed by atoms with van der Waals surface area (Å²) >= 11 is 0. The number of carboxylic acid groups (broad SMARTS) is 1. The summed E-state index contributed by atoms with van der Waals surface area (Å²) in [6.45, 7) is -0.609. The largest absolute Gasteiger partial charge is 0.465 e. The monoisotopic (exact) mass is 357 g/mol. The first-order valence-electron chi connectivity index (χ1n) is 9.09. The number of hydrogen-bond acceptors (Lipinski definition) is 4. The first kappa shape index (κ1) is 15.9. The highest BCUT2D eigenvalue weighted by Crippen LogP contribution is 2.28. The second kappa shape index (κ2) is 8.48. The molecule has 1 aromatic carbocycles. The van der Waals surface area contributed by atoms with E-state index in [4.69, 9.17) is 7.85 Å². The number of hydrogen-bond donors (Lipinski definition) is 3. The number of aliphatic hydroxyl groups is 1. The predicted octanol–water partition coefficient (Wildman–Crippen LogP) is 2.73. The Morgan fingerprint density at radius 1 is 1.33 bits per heavy atom. The van der Waals surface area contributed by atoms with Crippen molar-refractivity contribution >= 4 is 15.9 Å². The molecule has 7 heteroatoms. The van der Waals surface area contributed by atoms with Crippen LogP contribution in [0.3, 0.4) is 0 Å². The van der Waals surface area contributed by atoms with E-state index < -0.39 is 35.0 Å². The van der Waals surface area contributed by atoms with Gasteiger partial charge in [-0.15, -0.1) is 0 Å². The van der Waals surface area contributed by atoms with Crippen molar-refractivity contribution in [2.75, 3.05) is 12.3 Å². The van der Waals surface area contributed by atoms with Gasteiger partial charge in [0.2, 0.25) is 0 Å². The summed E-state index contributed by atoms with van der Waals surface area (Å²) in [5, 5.41) is 20.8. The molecule has 1 amide bonds. The van der Waals surface area contributed by atoms with Crippen LogP contribution in [0.4, 0.5) is 4.79 Å². The lowest BCUT2D eigenvalue weighted by molar-refractivity contribution is 0.162. The summed E-state index contributed by atoms with van der Waals surface area (Å²) in [6, 6.07) is 5.62. The van der Waals surface area contributed by atoms with E-state index in [2.05, 4.69) is 0 Å². The number of sulfone groups is 1. The average molecular weight is 357 g/mol. The Hall–Kier alpha value is -1.60. The number of amides is 1. The minimum absolute atomic E-state index is 0.0556. The molecule has 3 N–H and O–H groups in total. The number of aliphatic hydroxyl groups excluding tert-OH is 1. The second-order valence-electron chi connectivity index (χ2n) is 6.12. The Balaban J connectivity index is 2.16. The van der Waals surface area contributed by atoms with Gasteiger partial charge in [-0.05, 0) is 42.8 Å². The molecule has 0 radical (unpaired) electrons. The molecule has 1 unspecified atom stereocenters. The molecule has 1 fully saturated rings. The van der Waals surface area contributed by atoms with Crippen molar-refractivity contribution in [3.8, 4) is 0 Å². The molecule has 1 saturated carbocycles. The quantitative estimate of drug-likeness (QED) is 0.696. The molecule has 24 heavy (non-hydrogen) atoms. The maximum atomic E-state index is 12.7. The Bertz CT molecular complexity index is 732. The molecule has 0 aliphatic heterocycles. The fraction of sp³-hybridized carbons (Fsp3) is 0.588. The van der Waals surface area contributed by atoms with Gasteiger partial charge in [-0.1, -0.05) is 31.4 Å². The molecule has 2 rings (SSSR count). The number of nitrogens with one attached hydrogen (secondary N) is 1. The fourth-order valence-corrected chi connectivity index (χ4v) is 4.73. The molecule has 0 spiro atoms. The third-order valence-electron chi connectivity index (χ3n) is 4.25. The Morgan fingerprint density at radius 3 is 2.71 bits per heavy atom. The van der Waals surface area contributed by atoms with E-state index in [1.807, 2.05) is 5.32 Å². The molecular formula is C17H25NO5S. The van der Waals surface area contributed by atoms with Gasteiger partial charge in [-0.2, -0.15) is 0 Å². The Kier molecular flexibility index (Phi) is 5.62. The molecule has 0 aromatic heterocycles. The number of carbonyl (C=O) groups is 1. The minimum Gasteiger partial charge on any atom is -0.465 e. The van der Waals surface area contributed by atoms with Crippen LogP contribution in [0.5, 0.6) is 0 Å². The van der Waals surface area contributed by atoms with Crippen LogP contribution in [-0.4, -0.2) is 37.0 Å². The summed E-state index contributed by atoms with van der Waals surface area (Å²) in [6.07, 6.45) is -0.326. The second-order valence-corrected chi connectivity index (χ2v) is 8.16. The van der Waals surface area contributed by atoms with Gasteiger partial charge >= 0.3 is 6.09 Å². The van der Waals surface area contributed by atoms with Crippen molar-refractivity contribution in [1.29, 1.82) is 0 Å². The van der Waals surface area contributed by atoms with E-state index in [9.17, 15) is 18.3 Å². The smallest absolute Gasteiger partial charge is 0.404 e. The zero-order chi connectivity index (χ0) is 19.4. The molecule has 1 aliphatic rings. The van der Waals surface area contributed by atoms with Gasteiger partial charge in [0.1, 0.15) is 0 Å². The van der Waals surface area contributed by atoms with Gasteiger partial charge < -0.3 is 15.5 Å². The van der Waals surface area contributed by atoms with Gasteiger partial charge in [0.25, 0.3) is 0 Å². The molecule has 6 nitrogen and oxygen atoms in total. The molecule has 1 aromatic rings. The lowest BCUT2D eigenvalue weighted by atomic mass is 9.91. The van der Waals surface area contributed by atoms with E-state index in [-0.39, 0.29) is 22.1 Å². The summed E-state index contributed by atoms with van der Waals surface area (Å²) in [5.41, 5.74) is 0.104. The van der Waals surface area contributed by atoms with Gasteiger partial charge in [0, 0.05) is 9.29 Å². The van der Waals surface area contributed by atoms with Crippen LogP contribution in [-0.2, 0) is 9.84 Å². The average Bonchev–Trinajstić information content (AvgIpc) is 2.60. The van der Waals surface area contributed by atoms with E-state index in [1.54, 1.807) is 0 Å². The van der Waals surface area contributed by atoms with Gasteiger partial charge in [0.05, 0.1) is 16.8 Å². The van der Waals surface area contributed by atoms with Crippen LogP contribution in [0.2, 0.25) is 0 Å². The lowest BCUT2D eigenvalue weighted by Crippen LogP contribution is -2.23. The maximum Gasteiger partial charge on any atom is 0.404 e. The summed E-state index contributed by atoms with van der Waals surface area (Å²) in [5.74, 6) is 0.188. The van der Waals surface area contributed by atoms with Crippen LogP contribution in [0.1, 0.15) is 52.9 Å². The van der Waals surface area contributed by atoms with Gasteiger partial charge in [-0.25, -0.2) is 13.2 Å². The van der Waals surface area contributed by atoms with Crippen molar-refractivity contribution in [3.05, 3.63) is 29.8 Å². The summed E-state index contributed by atoms with van der Waals surface area (Å²) in [7, 11) is -3.53. The molecule has 1 atom stereocenters. The minimum atomic E-state index is -3.53. The van der Waals surface area contributed by atoms with Crippen molar-refractivity contribution in [3.63, 3.8) is 0 Å². The highest BCUT2D eigenvalue weighted by atomic mass is 32.2. The van der Waals surface area contributed by atoms with Crippen molar-refractivity contribution in [1.82, 2.24) is 5.32 Å². The summed E-state index contributed by atoms with van der Waals surface area (Å²) in [4.78, 5) is 10.6. The normalized spacial score (nSPS) is 19.2. The van der Waals surface area contributed by atoms with E-state index in [0.29, 0.717) is 0 Å². The van der Waals surface area contributed by atoms with Crippen molar-refractivity contribution in [2.24, 2.45) is 5.92 Å². The molecule has 0 bridgehead atoms. The SMILES string of the molecule is [2H]C([2H])(CNC(=O)O)C(O)c1cccc(S(=O)(=O)CC2CCCCC2)c1. The molecule has 0 saturated heterocycles. The molecule has 1 aliphatic carbocycles. The molecule has 134 valence electrons. The van der Waals surface area contributed by atoms with Crippen LogP contribution in [0.15, 0.2) is 29.2 Å². The highest BCUT2D eigenvalue weighted by Gasteiger charge is 2.23. The first-order valence-corrected chi connectivity index (χ1v) is 9.74. The zero-order valence-electron chi connectivity index (χ0n) is 15.4. The van der Waals surface area contributed by atoms with Crippen LogP contribution >= 0.6 is 0 Å². The maximum absolute atomic E-state index is 12.7. The summed E-state index contributed by atoms with van der Waals surface area (Å²) < 4.78 is 41.0. The molecular weight excluding hydrogens is 330 g/mol. The highest BCUT2D eigenvalue weighted by molar-refractivity contribution is 7.91. The van der Waals surface area contributed by atoms with E-state index in [0.717, 1.165) is 32.1 Å². The molecule has 0 heterocycles. The van der Waals surface area contributed by atoms with Gasteiger partial charge in [0.15, 0.2) is 9.84 Å². The standard InChI is InChI=1S/C17H25NO5S/c19-16(9-10-18-17(20)21)14-7-4-8-15(11-14)24(22,23)12-13-5-2-1-3-6-13/h4,7-8,11,13,16,18-19H,1-3,5-6,9-10,12H2,(H,20,21)/i9D2. The van der Waals surface area contributed by atoms with E-state index in [1.165, 1.54) is 24.3 Å². The van der Waals surface area contributed by atoms with Crippen molar-refractivity contribution < 1.29 is 26.2 Å². The third-order valence-corrected chi connectivity index (χ3v) is 6.13. The Morgan fingerprint density at radius 2 is 2.04 bits per heavy atom. The van der Waals surface area contributed by atoms with Crippen LogP contribution in [0.25, 0.3) is 0 Å². The van der Waals surface area contributed by atoms with Crippen molar-refractivity contribution in [2.45, 2.75) is 49.5 Å². The predicted molar refractivity (Wildman–Crippen MR) is 90.7 cm³/mol. The topological polar surface area (TPSA) is 104 Å². The number of benzene rings is 1. The Labute approximate surface area is 145 Å². The van der Waals surface area contributed by atoms with Gasteiger partial charge in [-0.3, -0.25) is 0 Å². The lowest BCUT2D eigenvalue weighted by Gasteiger charge is -2.21. The third kappa shape index (κ3) is 5.49. The first-order chi connectivity index (χ1) is 12.1. The van der Waals surface area contributed by atoms with Crippen LogP contribution < -0.4 is 5.32 Å². The zero-order valence-corrected chi connectivity index (χ0v) is 14.3. The fourth-order valence-electron chi connectivity index (χ4n) is 2.98. The van der Waals surface area contributed by atoms with Crippen LogP contribution in [0, 0.1) is 5.92 Å². The van der Waals surface area contributed by atoms with E-state index >= 15 is 0 Å².